The summed E-state index contributed by atoms with van der Waals surface area (Å²) in [5.41, 5.74) is 3.63. The van der Waals surface area contributed by atoms with Crippen LogP contribution < -0.4 is 5.32 Å². The number of likely N-dealkylation sites (N-methyl/N-ethyl adjacent to an activating group) is 1. The van der Waals surface area contributed by atoms with E-state index in [4.69, 9.17) is 0 Å². The molecule has 0 atom stereocenters. The van der Waals surface area contributed by atoms with Gasteiger partial charge in [0.25, 0.3) is 5.91 Å². The summed E-state index contributed by atoms with van der Waals surface area (Å²) in [4.78, 5) is 28.2. The molecule has 1 aromatic heterocycles. The molecule has 0 unspecified atom stereocenters. The highest BCUT2D eigenvalue weighted by Gasteiger charge is 2.18. The van der Waals surface area contributed by atoms with Gasteiger partial charge in [-0.25, -0.2) is 0 Å². The van der Waals surface area contributed by atoms with Crippen LogP contribution in [-0.4, -0.2) is 30.3 Å². The quantitative estimate of drug-likeness (QED) is 0.929. The van der Waals surface area contributed by atoms with Gasteiger partial charge in [-0.1, -0.05) is 12.1 Å². The van der Waals surface area contributed by atoms with E-state index in [9.17, 15) is 9.59 Å². The fourth-order valence-electron chi connectivity index (χ4n) is 2.41. The molecule has 0 saturated carbocycles. The molecule has 0 spiro atoms. The maximum atomic E-state index is 12.4. The first-order chi connectivity index (χ1) is 10.8. The van der Waals surface area contributed by atoms with Crippen molar-refractivity contribution in [2.24, 2.45) is 0 Å². The molecule has 23 heavy (non-hydrogen) atoms. The number of aryl methyl sites for hydroxylation is 3. The molecular formula is C18H22N2O2S. The van der Waals surface area contributed by atoms with Crippen LogP contribution >= 0.6 is 11.3 Å². The summed E-state index contributed by atoms with van der Waals surface area (Å²) in [7, 11) is 1.65. The Hall–Kier alpha value is -2.14. The van der Waals surface area contributed by atoms with Crippen molar-refractivity contribution in [2.75, 3.05) is 18.9 Å². The molecule has 2 amide bonds. The third kappa shape index (κ3) is 3.99. The molecule has 1 aromatic carbocycles. The molecule has 4 nitrogen and oxygen atoms in total. The zero-order chi connectivity index (χ0) is 17.1. The van der Waals surface area contributed by atoms with E-state index in [1.54, 1.807) is 18.4 Å². The standard InChI is InChI=1S/C18H22N2O2S/c1-11-7-6-8-16(13(11)3)19-17(21)10-20(5)18(22)15-9-12(2)23-14(15)4/h6-9H,10H2,1-5H3,(H,19,21). The molecule has 1 heterocycles. The van der Waals surface area contributed by atoms with Crippen molar-refractivity contribution in [3.8, 4) is 0 Å². The van der Waals surface area contributed by atoms with E-state index in [0.717, 1.165) is 26.6 Å². The van der Waals surface area contributed by atoms with Crippen LogP contribution in [0.15, 0.2) is 24.3 Å². The van der Waals surface area contributed by atoms with E-state index in [2.05, 4.69) is 5.32 Å². The van der Waals surface area contributed by atoms with Crippen molar-refractivity contribution >= 4 is 28.8 Å². The first-order valence-electron chi connectivity index (χ1n) is 7.48. The Morgan fingerprint density at radius 3 is 2.48 bits per heavy atom. The van der Waals surface area contributed by atoms with Gasteiger partial charge in [-0.05, 0) is 51.0 Å². The van der Waals surface area contributed by atoms with Crippen LogP contribution in [0.3, 0.4) is 0 Å². The van der Waals surface area contributed by atoms with Gasteiger partial charge in [-0.15, -0.1) is 11.3 Å². The Labute approximate surface area is 141 Å². The molecule has 0 aliphatic rings. The molecule has 2 rings (SSSR count). The Morgan fingerprint density at radius 2 is 1.87 bits per heavy atom. The third-order valence-corrected chi connectivity index (χ3v) is 4.84. The minimum Gasteiger partial charge on any atom is -0.332 e. The van der Waals surface area contributed by atoms with E-state index >= 15 is 0 Å². The number of benzene rings is 1. The van der Waals surface area contributed by atoms with Gasteiger partial charge in [0.2, 0.25) is 5.91 Å². The van der Waals surface area contributed by atoms with Crippen molar-refractivity contribution in [3.05, 3.63) is 50.7 Å². The molecule has 0 saturated heterocycles. The number of nitrogens with one attached hydrogen (secondary N) is 1. The lowest BCUT2D eigenvalue weighted by molar-refractivity contribution is -0.116. The average molecular weight is 330 g/mol. The maximum Gasteiger partial charge on any atom is 0.255 e. The molecule has 0 fully saturated rings. The summed E-state index contributed by atoms with van der Waals surface area (Å²) < 4.78 is 0. The fourth-order valence-corrected chi connectivity index (χ4v) is 3.33. The topological polar surface area (TPSA) is 49.4 Å². The van der Waals surface area contributed by atoms with Gasteiger partial charge in [-0.2, -0.15) is 0 Å². The zero-order valence-electron chi connectivity index (χ0n) is 14.2. The monoisotopic (exact) mass is 330 g/mol. The highest BCUT2D eigenvalue weighted by molar-refractivity contribution is 7.12. The van der Waals surface area contributed by atoms with Gasteiger partial charge in [0.15, 0.2) is 0 Å². The lowest BCUT2D eigenvalue weighted by Crippen LogP contribution is -2.35. The molecule has 1 N–H and O–H groups in total. The van der Waals surface area contributed by atoms with E-state index < -0.39 is 0 Å². The summed E-state index contributed by atoms with van der Waals surface area (Å²) in [5.74, 6) is -0.317. The van der Waals surface area contributed by atoms with Crippen molar-refractivity contribution in [1.29, 1.82) is 0 Å². The van der Waals surface area contributed by atoms with E-state index in [-0.39, 0.29) is 18.4 Å². The molecule has 122 valence electrons. The number of amides is 2. The van der Waals surface area contributed by atoms with Crippen molar-refractivity contribution in [2.45, 2.75) is 27.7 Å². The van der Waals surface area contributed by atoms with Gasteiger partial charge < -0.3 is 10.2 Å². The fraction of sp³-hybridized carbons (Fsp3) is 0.333. The lowest BCUT2D eigenvalue weighted by atomic mass is 10.1. The number of rotatable bonds is 4. The molecule has 0 aliphatic carbocycles. The van der Waals surface area contributed by atoms with Gasteiger partial charge >= 0.3 is 0 Å². The highest BCUT2D eigenvalue weighted by atomic mass is 32.1. The van der Waals surface area contributed by atoms with Gasteiger partial charge in [0, 0.05) is 22.5 Å². The lowest BCUT2D eigenvalue weighted by Gasteiger charge is -2.17. The molecule has 0 bridgehead atoms. The summed E-state index contributed by atoms with van der Waals surface area (Å²) in [6.45, 7) is 7.90. The van der Waals surface area contributed by atoms with Crippen molar-refractivity contribution in [3.63, 3.8) is 0 Å². The average Bonchev–Trinajstić information content (AvgIpc) is 2.81. The minimum absolute atomic E-state index is 0.0283. The smallest absolute Gasteiger partial charge is 0.255 e. The third-order valence-electron chi connectivity index (χ3n) is 3.88. The predicted molar refractivity (Wildman–Crippen MR) is 95.3 cm³/mol. The normalized spacial score (nSPS) is 10.5. The molecule has 0 aliphatic heterocycles. The van der Waals surface area contributed by atoms with Gasteiger partial charge in [0.05, 0.1) is 12.1 Å². The predicted octanol–water partition coefficient (Wildman–Crippen LogP) is 3.69. The van der Waals surface area contributed by atoms with Crippen LogP contribution in [0.2, 0.25) is 0 Å². The van der Waals surface area contributed by atoms with E-state index in [0.29, 0.717) is 5.56 Å². The summed E-state index contributed by atoms with van der Waals surface area (Å²) in [5, 5.41) is 2.88. The second-order valence-corrected chi connectivity index (χ2v) is 7.24. The highest BCUT2D eigenvalue weighted by Crippen LogP contribution is 2.22. The first-order valence-corrected chi connectivity index (χ1v) is 8.29. The van der Waals surface area contributed by atoms with Crippen molar-refractivity contribution in [1.82, 2.24) is 4.90 Å². The van der Waals surface area contributed by atoms with Crippen molar-refractivity contribution < 1.29 is 9.59 Å². The van der Waals surface area contributed by atoms with E-state index in [1.165, 1.54) is 4.90 Å². The SMILES string of the molecule is Cc1cc(C(=O)N(C)CC(=O)Nc2cccc(C)c2C)c(C)s1. The molecule has 5 heteroatoms. The second-order valence-electron chi connectivity index (χ2n) is 5.78. The van der Waals surface area contributed by atoms with Gasteiger partial charge in [0.1, 0.15) is 0 Å². The largest absolute Gasteiger partial charge is 0.332 e. The number of nitrogens with zero attached hydrogens (tertiary/aromatic N) is 1. The molecule has 2 aromatic rings. The summed E-state index contributed by atoms with van der Waals surface area (Å²) >= 11 is 1.59. The second kappa shape index (κ2) is 6.96. The Morgan fingerprint density at radius 1 is 1.17 bits per heavy atom. The van der Waals surface area contributed by atoms with Crippen LogP contribution in [0.4, 0.5) is 5.69 Å². The number of anilines is 1. The Balaban J connectivity index is 2.03. The van der Waals surface area contributed by atoms with Crippen LogP contribution in [0.25, 0.3) is 0 Å². The number of hydrogen-bond donors (Lipinski definition) is 1. The first kappa shape index (κ1) is 17.2. The van der Waals surface area contributed by atoms with Gasteiger partial charge in [-0.3, -0.25) is 9.59 Å². The Kier molecular flexibility index (Phi) is 5.21. The van der Waals surface area contributed by atoms with E-state index in [1.807, 2.05) is 52.0 Å². The number of thiophene rings is 1. The summed E-state index contributed by atoms with van der Waals surface area (Å²) in [6.07, 6.45) is 0. The van der Waals surface area contributed by atoms with Crippen LogP contribution in [0, 0.1) is 27.7 Å². The zero-order valence-corrected chi connectivity index (χ0v) is 15.0. The summed E-state index contributed by atoms with van der Waals surface area (Å²) in [6, 6.07) is 7.66. The van der Waals surface area contributed by atoms with Crippen LogP contribution in [0.5, 0.6) is 0 Å². The number of carbonyl (C=O) groups excluding carboxylic acids is 2. The minimum atomic E-state index is -0.195. The van der Waals surface area contributed by atoms with Crippen LogP contribution in [0.1, 0.15) is 31.2 Å². The molecule has 0 radical (unpaired) electrons. The van der Waals surface area contributed by atoms with Crippen LogP contribution in [-0.2, 0) is 4.79 Å². The maximum absolute atomic E-state index is 12.4. The number of carbonyl (C=O) groups is 2. The molecular weight excluding hydrogens is 308 g/mol. The number of hydrogen-bond acceptors (Lipinski definition) is 3. The Bertz CT molecular complexity index is 749.